The molecule has 0 saturated carbocycles. The molecule has 4 nitrogen and oxygen atoms in total. The first-order chi connectivity index (χ1) is 12.7. The average molecular weight is 374 g/mol. The number of hydrogen-bond donors (Lipinski definition) is 1. The van der Waals surface area contributed by atoms with Crippen LogP contribution >= 0.6 is 11.8 Å². The number of benzene rings is 2. The standard InChI is InChI=1S/C21H27NO3S/c1-17-6-3-4-7-18(17)16-26-15-13-22-21(23)8-5-14-25-20-11-9-19(24-2)10-12-20/h3-4,6-7,9-12H,5,8,13-16H2,1-2H3,(H,22,23). The van der Waals surface area contributed by atoms with Crippen LogP contribution in [0.3, 0.4) is 0 Å². The Hall–Kier alpha value is -2.14. The number of nitrogens with one attached hydrogen (secondary N) is 1. The maximum atomic E-state index is 11.8. The molecular weight excluding hydrogens is 346 g/mol. The zero-order valence-electron chi connectivity index (χ0n) is 15.5. The van der Waals surface area contributed by atoms with Gasteiger partial charge in [0.15, 0.2) is 0 Å². The highest BCUT2D eigenvalue weighted by Gasteiger charge is 2.02. The summed E-state index contributed by atoms with van der Waals surface area (Å²) in [4.78, 5) is 11.8. The van der Waals surface area contributed by atoms with Crippen LogP contribution < -0.4 is 14.8 Å². The molecule has 26 heavy (non-hydrogen) atoms. The van der Waals surface area contributed by atoms with Gasteiger partial charge in [-0.25, -0.2) is 0 Å². The van der Waals surface area contributed by atoms with E-state index in [4.69, 9.17) is 9.47 Å². The van der Waals surface area contributed by atoms with Gasteiger partial charge in [0.2, 0.25) is 5.91 Å². The highest BCUT2D eigenvalue weighted by molar-refractivity contribution is 7.98. The summed E-state index contributed by atoms with van der Waals surface area (Å²) in [6.07, 6.45) is 1.19. The molecule has 140 valence electrons. The van der Waals surface area contributed by atoms with Gasteiger partial charge in [-0.15, -0.1) is 0 Å². The number of hydrogen-bond acceptors (Lipinski definition) is 4. The molecule has 2 rings (SSSR count). The van der Waals surface area contributed by atoms with Crippen LogP contribution in [0.15, 0.2) is 48.5 Å². The van der Waals surface area contributed by atoms with Gasteiger partial charge in [-0.3, -0.25) is 4.79 Å². The lowest BCUT2D eigenvalue weighted by Crippen LogP contribution is -2.25. The van der Waals surface area contributed by atoms with E-state index in [1.165, 1.54) is 11.1 Å². The van der Waals surface area contributed by atoms with Crippen LogP contribution in [0.5, 0.6) is 11.5 Å². The number of methoxy groups -OCH3 is 1. The van der Waals surface area contributed by atoms with Crippen molar-refractivity contribution in [2.45, 2.75) is 25.5 Å². The molecule has 0 saturated heterocycles. The van der Waals surface area contributed by atoms with Gasteiger partial charge < -0.3 is 14.8 Å². The fourth-order valence-corrected chi connectivity index (χ4v) is 3.33. The quantitative estimate of drug-likeness (QED) is 0.599. The summed E-state index contributed by atoms with van der Waals surface area (Å²) < 4.78 is 10.7. The summed E-state index contributed by atoms with van der Waals surface area (Å²) in [6, 6.07) is 15.9. The number of thioether (sulfide) groups is 1. The van der Waals surface area contributed by atoms with Gasteiger partial charge in [0.25, 0.3) is 0 Å². The van der Waals surface area contributed by atoms with Gasteiger partial charge in [-0.2, -0.15) is 11.8 Å². The molecule has 0 fully saturated rings. The van der Waals surface area contributed by atoms with Crippen molar-refractivity contribution in [3.05, 3.63) is 59.7 Å². The molecule has 2 aromatic carbocycles. The topological polar surface area (TPSA) is 47.6 Å². The van der Waals surface area contributed by atoms with E-state index >= 15 is 0 Å². The Morgan fingerprint density at radius 2 is 1.81 bits per heavy atom. The Balaban J connectivity index is 1.50. The van der Waals surface area contributed by atoms with E-state index in [-0.39, 0.29) is 5.91 Å². The Morgan fingerprint density at radius 1 is 1.08 bits per heavy atom. The lowest BCUT2D eigenvalue weighted by atomic mass is 10.1. The second-order valence-corrected chi connectivity index (χ2v) is 7.06. The first-order valence-electron chi connectivity index (χ1n) is 8.85. The van der Waals surface area contributed by atoms with Gasteiger partial charge in [0, 0.05) is 24.5 Å². The summed E-state index contributed by atoms with van der Waals surface area (Å²) in [7, 11) is 1.63. The minimum Gasteiger partial charge on any atom is -0.497 e. The predicted octanol–water partition coefficient (Wildman–Crippen LogP) is 4.21. The van der Waals surface area contributed by atoms with Crippen LogP contribution in [0.4, 0.5) is 0 Å². The van der Waals surface area contributed by atoms with Crippen LogP contribution in [0.2, 0.25) is 0 Å². The lowest BCUT2D eigenvalue weighted by Gasteiger charge is -2.08. The Kier molecular flexibility index (Phi) is 8.90. The second-order valence-electron chi connectivity index (χ2n) is 5.96. The summed E-state index contributed by atoms with van der Waals surface area (Å²) in [5.41, 5.74) is 2.68. The molecule has 1 N–H and O–H groups in total. The van der Waals surface area contributed by atoms with Gasteiger partial charge in [0.05, 0.1) is 13.7 Å². The van der Waals surface area contributed by atoms with Crippen LogP contribution in [0.25, 0.3) is 0 Å². The maximum absolute atomic E-state index is 11.8. The Morgan fingerprint density at radius 3 is 2.54 bits per heavy atom. The predicted molar refractivity (Wildman–Crippen MR) is 108 cm³/mol. The number of carbonyl (C=O) groups excluding carboxylic acids is 1. The molecule has 5 heteroatoms. The number of ether oxygens (including phenoxy) is 2. The van der Waals surface area contributed by atoms with Crippen LogP contribution in [0, 0.1) is 6.92 Å². The Bertz CT molecular complexity index is 673. The monoisotopic (exact) mass is 373 g/mol. The molecule has 0 aliphatic carbocycles. The van der Waals surface area contributed by atoms with Crippen molar-refractivity contribution in [3.8, 4) is 11.5 Å². The van der Waals surface area contributed by atoms with Crippen molar-refractivity contribution in [2.24, 2.45) is 0 Å². The zero-order valence-corrected chi connectivity index (χ0v) is 16.3. The molecule has 0 bridgehead atoms. The smallest absolute Gasteiger partial charge is 0.220 e. The van der Waals surface area contributed by atoms with Crippen LogP contribution in [-0.4, -0.2) is 31.9 Å². The first-order valence-corrected chi connectivity index (χ1v) is 10.0. The highest BCUT2D eigenvalue weighted by Crippen LogP contribution is 2.17. The van der Waals surface area contributed by atoms with Crippen molar-refractivity contribution >= 4 is 17.7 Å². The minimum atomic E-state index is 0.0832. The molecule has 0 aromatic heterocycles. The second kappa shape index (κ2) is 11.5. The molecule has 0 aliphatic heterocycles. The molecular formula is C21H27NO3S. The number of amides is 1. The first kappa shape index (κ1) is 20.2. The lowest BCUT2D eigenvalue weighted by molar-refractivity contribution is -0.121. The summed E-state index contributed by atoms with van der Waals surface area (Å²) in [6.45, 7) is 3.36. The van der Waals surface area contributed by atoms with Crippen molar-refractivity contribution < 1.29 is 14.3 Å². The third-order valence-corrected chi connectivity index (χ3v) is 4.97. The van der Waals surface area contributed by atoms with Crippen molar-refractivity contribution in [1.82, 2.24) is 5.32 Å². The van der Waals surface area contributed by atoms with Crippen LogP contribution in [0.1, 0.15) is 24.0 Å². The van der Waals surface area contributed by atoms with E-state index in [0.717, 1.165) is 23.0 Å². The van der Waals surface area contributed by atoms with E-state index in [1.807, 2.05) is 36.0 Å². The molecule has 0 heterocycles. The highest BCUT2D eigenvalue weighted by atomic mass is 32.2. The maximum Gasteiger partial charge on any atom is 0.220 e. The largest absolute Gasteiger partial charge is 0.497 e. The third kappa shape index (κ3) is 7.40. The van der Waals surface area contributed by atoms with E-state index in [0.29, 0.717) is 26.0 Å². The summed E-state index contributed by atoms with van der Waals surface area (Å²) >= 11 is 1.84. The number of aryl methyl sites for hydroxylation is 1. The molecule has 0 atom stereocenters. The average Bonchev–Trinajstić information content (AvgIpc) is 2.67. The minimum absolute atomic E-state index is 0.0832. The Labute approximate surface area is 160 Å². The van der Waals surface area contributed by atoms with Crippen molar-refractivity contribution in [1.29, 1.82) is 0 Å². The van der Waals surface area contributed by atoms with Crippen molar-refractivity contribution in [3.63, 3.8) is 0 Å². The molecule has 1 amide bonds. The molecule has 0 aliphatic rings. The number of rotatable bonds is 11. The van der Waals surface area contributed by atoms with E-state index in [2.05, 4.69) is 36.5 Å². The fraction of sp³-hybridized carbons (Fsp3) is 0.381. The van der Waals surface area contributed by atoms with Crippen molar-refractivity contribution in [2.75, 3.05) is 26.0 Å². The SMILES string of the molecule is COc1ccc(OCCCC(=O)NCCSCc2ccccc2C)cc1. The van der Waals surface area contributed by atoms with E-state index < -0.39 is 0 Å². The summed E-state index contributed by atoms with van der Waals surface area (Å²) in [5, 5.41) is 2.97. The normalized spacial score (nSPS) is 10.4. The molecule has 2 aromatic rings. The third-order valence-electron chi connectivity index (χ3n) is 3.96. The van der Waals surface area contributed by atoms with E-state index in [9.17, 15) is 4.79 Å². The fourth-order valence-electron chi connectivity index (χ4n) is 2.40. The molecule has 0 spiro atoms. The van der Waals surface area contributed by atoms with E-state index in [1.54, 1.807) is 7.11 Å². The molecule has 0 unspecified atom stereocenters. The summed E-state index contributed by atoms with van der Waals surface area (Å²) in [5.74, 6) is 3.58. The van der Waals surface area contributed by atoms with Gasteiger partial charge >= 0.3 is 0 Å². The van der Waals surface area contributed by atoms with Gasteiger partial charge in [-0.05, 0) is 48.7 Å². The number of carbonyl (C=O) groups is 1. The van der Waals surface area contributed by atoms with Gasteiger partial charge in [0.1, 0.15) is 11.5 Å². The molecule has 0 radical (unpaired) electrons. The van der Waals surface area contributed by atoms with Crippen LogP contribution in [-0.2, 0) is 10.5 Å². The zero-order chi connectivity index (χ0) is 18.6. The van der Waals surface area contributed by atoms with Gasteiger partial charge in [-0.1, -0.05) is 24.3 Å².